The maximum atomic E-state index is 6.40. The fourth-order valence-corrected chi connectivity index (χ4v) is 2.82. The van der Waals surface area contributed by atoms with Crippen LogP contribution in [0.15, 0.2) is 36.4 Å². The number of methoxy groups -OCH3 is 1. The third-order valence-corrected chi connectivity index (χ3v) is 4.34. The van der Waals surface area contributed by atoms with Crippen LogP contribution in [0.25, 0.3) is 0 Å². The van der Waals surface area contributed by atoms with E-state index in [4.69, 9.17) is 32.7 Å². The zero-order valence-corrected chi connectivity index (χ0v) is 15.8. The number of benzene rings is 2. The molecule has 0 spiro atoms. The molecule has 3 rings (SSSR count). The van der Waals surface area contributed by atoms with E-state index in [0.717, 1.165) is 11.1 Å². The second kappa shape index (κ2) is 8.25. The highest BCUT2D eigenvalue weighted by Crippen LogP contribution is 2.37. The molecule has 1 N–H and O–H groups in total. The number of rotatable bonds is 7. The molecule has 1 heterocycles. The summed E-state index contributed by atoms with van der Waals surface area (Å²) < 4.78 is 12.8. The second-order valence-electron chi connectivity index (χ2n) is 5.47. The molecule has 0 saturated carbocycles. The minimum atomic E-state index is 0.290. The van der Waals surface area contributed by atoms with Gasteiger partial charge in [0.2, 0.25) is 5.95 Å². The molecule has 0 atom stereocenters. The van der Waals surface area contributed by atoms with Gasteiger partial charge in [0.1, 0.15) is 6.61 Å². The third-order valence-electron chi connectivity index (χ3n) is 3.69. The molecule has 0 saturated heterocycles. The van der Waals surface area contributed by atoms with Crippen molar-refractivity contribution in [3.63, 3.8) is 0 Å². The maximum Gasteiger partial charge on any atom is 0.242 e. The molecule has 26 heavy (non-hydrogen) atoms. The van der Waals surface area contributed by atoms with Crippen LogP contribution in [0, 0.1) is 0 Å². The molecule has 7 nitrogen and oxygen atoms in total. The fourth-order valence-electron chi connectivity index (χ4n) is 2.34. The molecule has 9 heteroatoms. The Labute approximate surface area is 160 Å². The number of anilines is 1. The first-order valence-corrected chi connectivity index (χ1v) is 8.53. The van der Waals surface area contributed by atoms with Crippen LogP contribution in [0.1, 0.15) is 11.1 Å². The van der Waals surface area contributed by atoms with Crippen molar-refractivity contribution >= 4 is 29.2 Å². The molecule has 0 aliphatic rings. The number of halogens is 2. The average Bonchev–Trinajstić information content (AvgIpc) is 3.04. The average molecular weight is 394 g/mol. The third kappa shape index (κ3) is 4.17. The topological polar surface area (TPSA) is 74.1 Å². The van der Waals surface area contributed by atoms with E-state index in [2.05, 4.69) is 20.8 Å². The summed E-state index contributed by atoms with van der Waals surface area (Å²) in [5.74, 6) is 1.56. The quantitative estimate of drug-likeness (QED) is 0.659. The van der Waals surface area contributed by atoms with Crippen LogP contribution < -0.4 is 14.8 Å². The van der Waals surface area contributed by atoms with E-state index in [1.165, 1.54) is 0 Å². The first-order valence-electron chi connectivity index (χ1n) is 7.77. The van der Waals surface area contributed by atoms with Gasteiger partial charge in [-0.05, 0) is 34.2 Å². The Bertz CT molecular complexity index is 901. The van der Waals surface area contributed by atoms with Gasteiger partial charge in [-0.1, -0.05) is 46.5 Å². The molecule has 3 aromatic rings. The predicted molar refractivity (Wildman–Crippen MR) is 99.9 cm³/mol. The molecule has 136 valence electrons. The van der Waals surface area contributed by atoms with E-state index < -0.39 is 0 Å². The standard InChI is InChI=1S/C17H17Cl2N5O2/c1-24-17(21-22-23-24)20-9-11-7-14(19)16(15(8-11)25-2)26-10-12-5-3-4-6-13(12)18/h3-8H,9-10H2,1-2H3,(H,20,21,23). The van der Waals surface area contributed by atoms with Crippen molar-refractivity contribution in [2.75, 3.05) is 12.4 Å². The van der Waals surface area contributed by atoms with Gasteiger partial charge in [0.25, 0.3) is 0 Å². The Kier molecular flexibility index (Phi) is 5.80. The van der Waals surface area contributed by atoms with Crippen LogP contribution in [0.5, 0.6) is 11.5 Å². The monoisotopic (exact) mass is 393 g/mol. The van der Waals surface area contributed by atoms with E-state index in [1.807, 2.05) is 36.4 Å². The molecule has 0 bridgehead atoms. The lowest BCUT2D eigenvalue weighted by atomic mass is 10.2. The van der Waals surface area contributed by atoms with Crippen molar-refractivity contribution in [3.8, 4) is 11.5 Å². The summed E-state index contributed by atoms with van der Waals surface area (Å²) in [7, 11) is 3.32. The van der Waals surface area contributed by atoms with Crippen molar-refractivity contribution in [3.05, 3.63) is 57.6 Å². The van der Waals surface area contributed by atoms with Gasteiger partial charge >= 0.3 is 0 Å². The van der Waals surface area contributed by atoms with E-state index in [1.54, 1.807) is 18.8 Å². The van der Waals surface area contributed by atoms with E-state index in [9.17, 15) is 0 Å². The zero-order valence-electron chi connectivity index (χ0n) is 14.2. The number of hydrogen-bond acceptors (Lipinski definition) is 6. The molecule has 1 aromatic heterocycles. The van der Waals surface area contributed by atoms with Gasteiger partial charge in [-0.25, -0.2) is 4.68 Å². The van der Waals surface area contributed by atoms with E-state index >= 15 is 0 Å². The van der Waals surface area contributed by atoms with Crippen LogP contribution in [0.3, 0.4) is 0 Å². The van der Waals surface area contributed by atoms with Crippen LogP contribution in [-0.2, 0) is 20.2 Å². The molecule has 0 aliphatic carbocycles. The summed E-state index contributed by atoms with van der Waals surface area (Å²) in [6.45, 7) is 0.771. The second-order valence-corrected chi connectivity index (χ2v) is 6.28. The molecule has 0 aliphatic heterocycles. The van der Waals surface area contributed by atoms with Gasteiger partial charge in [-0.2, -0.15) is 0 Å². The number of nitrogens with zero attached hydrogens (tertiary/aromatic N) is 4. The summed E-state index contributed by atoms with van der Waals surface area (Å²) in [4.78, 5) is 0. The van der Waals surface area contributed by atoms with Gasteiger partial charge in [-0.15, -0.1) is 0 Å². The van der Waals surface area contributed by atoms with Crippen molar-refractivity contribution in [2.24, 2.45) is 7.05 Å². The van der Waals surface area contributed by atoms with E-state index in [-0.39, 0.29) is 6.61 Å². The lowest BCUT2D eigenvalue weighted by molar-refractivity contribution is 0.284. The van der Waals surface area contributed by atoms with Crippen molar-refractivity contribution in [1.29, 1.82) is 0 Å². The first kappa shape index (κ1) is 18.3. The molecule has 2 aromatic carbocycles. The number of ether oxygens (including phenoxy) is 2. The van der Waals surface area contributed by atoms with Crippen LogP contribution in [0.2, 0.25) is 10.0 Å². The maximum absolute atomic E-state index is 6.40. The summed E-state index contributed by atoms with van der Waals surface area (Å²) in [6, 6.07) is 11.1. The van der Waals surface area contributed by atoms with E-state index in [0.29, 0.717) is 34.0 Å². The van der Waals surface area contributed by atoms with Crippen molar-refractivity contribution in [1.82, 2.24) is 20.2 Å². The highest BCUT2D eigenvalue weighted by molar-refractivity contribution is 6.32. The molecular weight excluding hydrogens is 377 g/mol. The minimum absolute atomic E-state index is 0.290. The Balaban J connectivity index is 1.74. The van der Waals surface area contributed by atoms with Crippen molar-refractivity contribution < 1.29 is 9.47 Å². The number of tetrazole rings is 1. The largest absolute Gasteiger partial charge is 0.493 e. The van der Waals surface area contributed by atoms with Crippen LogP contribution in [-0.4, -0.2) is 27.3 Å². The predicted octanol–water partition coefficient (Wildman–Crippen LogP) is 3.72. The zero-order chi connectivity index (χ0) is 18.5. The molecule has 0 fully saturated rings. The van der Waals surface area contributed by atoms with Gasteiger partial charge in [-0.3, -0.25) is 0 Å². The lowest BCUT2D eigenvalue weighted by Crippen LogP contribution is -2.06. The fraction of sp³-hybridized carbons (Fsp3) is 0.235. The number of nitrogens with one attached hydrogen (secondary N) is 1. The Morgan fingerprint density at radius 1 is 1.15 bits per heavy atom. The Morgan fingerprint density at radius 3 is 2.65 bits per heavy atom. The Morgan fingerprint density at radius 2 is 1.96 bits per heavy atom. The molecule has 0 unspecified atom stereocenters. The lowest BCUT2D eigenvalue weighted by Gasteiger charge is -2.15. The minimum Gasteiger partial charge on any atom is -0.493 e. The van der Waals surface area contributed by atoms with Gasteiger partial charge in [0, 0.05) is 24.2 Å². The van der Waals surface area contributed by atoms with Crippen LogP contribution >= 0.6 is 23.2 Å². The number of hydrogen-bond donors (Lipinski definition) is 1. The normalized spacial score (nSPS) is 10.6. The highest BCUT2D eigenvalue weighted by atomic mass is 35.5. The summed E-state index contributed by atoms with van der Waals surface area (Å²) in [6.07, 6.45) is 0. The van der Waals surface area contributed by atoms with Crippen molar-refractivity contribution in [2.45, 2.75) is 13.2 Å². The first-order chi connectivity index (χ1) is 12.6. The Hall–Kier alpha value is -2.51. The summed E-state index contributed by atoms with van der Waals surface area (Å²) in [5.41, 5.74) is 1.77. The van der Waals surface area contributed by atoms with Gasteiger partial charge in [0.15, 0.2) is 11.5 Å². The van der Waals surface area contributed by atoms with Gasteiger partial charge < -0.3 is 14.8 Å². The van der Waals surface area contributed by atoms with Gasteiger partial charge in [0.05, 0.1) is 12.1 Å². The molecule has 0 amide bonds. The van der Waals surface area contributed by atoms with Crippen LogP contribution in [0.4, 0.5) is 5.95 Å². The smallest absolute Gasteiger partial charge is 0.242 e. The summed E-state index contributed by atoms with van der Waals surface area (Å²) >= 11 is 12.6. The molecular formula is C17H17Cl2N5O2. The number of aryl methyl sites for hydroxylation is 1. The molecule has 0 radical (unpaired) electrons. The highest BCUT2D eigenvalue weighted by Gasteiger charge is 2.13. The number of aromatic nitrogens is 4. The SMILES string of the molecule is COc1cc(CNc2nnnn2C)cc(Cl)c1OCc1ccccc1Cl. The summed E-state index contributed by atoms with van der Waals surface area (Å²) in [5, 5.41) is 15.4.